The molecular weight excluding hydrogens is 358 g/mol. The van der Waals surface area contributed by atoms with Crippen molar-refractivity contribution in [3.05, 3.63) is 47.3 Å². The Morgan fingerprint density at radius 2 is 2.14 bits per heavy atom. The molecule has 0 saturated carbocycles. The molecule has 0 bridgehead atoms. The van der Waals surface area contributed by atoms with Crippen molar-refractivity contribution in [1.29, 1.82) is 0 Å². The maximum absolute atomic E-state index is 12.0. The predicted molar refractivity (Wildman–Crippen MR) is 107 cm³/mol. The zero-order chi connectivity index (χ0) is 19.9. The Bertz CT molecular complexity index is 838. The fraction of sp³-hybridized carbons (Fsp3) is 0.429. The monoisotopic (exact) mass is 385 g/mol. The van der Waals surface area contributed by atoms with Crippen molar-refractivity contribution in [2.75, 3.05) is 20.3 Å². The van der Waals surface area contributed by atoms with Gasteiger partial charge in [0.25, 0.3) is 5.91 Å². The molecule has 1 aliphatic heterocycles. The van der Waals surface area contributed by atoms with Crippen LogP contribution < -0.4 is 14.9 Å². The molecule has 2 heterocycles. The number of aromatic nitrogens is 1. The van der Waals surface area contributed by atoms with Crippen molar-refractivity contribution in [1.82, 2.24) is 9.99 Å². The number of carbonyl (C=O) groups excluding carboxylic acids is 1. The van der Waals surface area contributed by atoms with Crippen LogP contribution in [0, 0.1) is 13.8 Å². The van der Waals surface area contributed by atoms with Crippen LogP contribution in [0.5, 0.6) is 11.5 Å². The number of amides is 1. The lowest BCUT2D eigenvalue weighted by Gasteiger charge is -2.14. The van der Waals surface area contributed by atoms with E-state index in [1.54, 1.807) is 25.5 Å². The zero-order valence-corrected chi connectivity index (χ0v) is 16.6. The topological polar surface area (TPSA) is 74.1 Å². The number of methoxy groups -OCH3 is 1. The fourth-order valence-electron chi connectivity index (χ4n) is 3.32. The summed E-state index contributed by atoms with van der Waals surface area (Å²) in [5.74, 6) is 0.759. The second-order valence-electron chi connectivity index (χ2n) is 6.80. The van der Waals surface area contributed by atoms with E-state index in [1.807, 2.05) is 12.1 Å². The number of rotatable bonds is 8. The Morgan fingerprint density at radius 3 is 2.86 bits per heavy atom. The molecule has 1 saturated heterocycles. The Kier molecular flexibility index (Phi) is 6.71. The summed E-state index contributed by atoms with van der Waals surface area (Å²) >= 11 is 0. The smallest absolute Gasteiger partial charge is 0.277 e. The Morgan fingerprint density at radius 1 is 1.36 bits per heavy atom. The highest BCUT2D eigenvalue weighted by atomic mass is 16.5. The van der Waals surface area contributed by atoms with Crippen LogP contribution in [-0.4, -0.2) is 43.1 Å². The molecule has 0 radical (unpaired) electrons. The molecule has 1 aromatic carbocycles. The quantitative estimate of drug-likeness (QED) is 0.560. The Balaban J connectivity index is 1.53. The van der Waals surface area contributed by atoms with E-state index in [-0.39, 0.29) is 18.6 Å². The largest absolute Gasteiger partial charge is 0.493 e. The van der Waals surface area contributed by atoms with Gasteiger partial charge in [0.15, 0.2) is 18.1 Å². The van der Waals surface area contributed by atoms with Gasteiger partial charge in [0.2, 0.25) is 0 Å². The Hall–Kier alpha value is -2.80. The molecular formula is C21H27N3O4. The van der Waals surface area contributed by atoms with Crippen LogP contribution in [0.2, 0.25) is 0 Å². The van der Waals surface area contributed by atoms with E-state index in [0.717, 1.165) is 42.9 Å². The van der Waals surface area contributed by atoms with Gasteiger partial charge in [-0.25, -0.2) is 5.43 Å². The van der Waals surface area contributed by atoms with E-state index in [9.17, 15) is 4.79 Å². The highest BCUT2D eigenvalue weighted by Crippen LogP contribution is 2.25. The number of ether oxygens (including phenoxy) is 3. The molecule has 3 rings (SSSR count). The van der Waals surface area contributed by atoms with Gasteiger partial charge in [0, 0.05) is 30.1 Å². The minimum Gasteiger partial charge on any atom is -0.493 e. The molecule has 1 atom stereocenters. The van der Waals surface area contributed by atoms with Crippen LogP contribution in [0.3, 0.4) is 0 Å². The van der Waals surface area contributed by atoms with Crippen molar-refractivity contribution >= 4 is 12.1 Å². The van der Waals surface area contributed by atoms with E-state index in [4.69, 9.17) is 14.2 Å². The van der Waals surface area contributed by atoms with Crippen molar-refractivity contribution in [2.45, 2.75) is 39.3 Å². The highest BCUT2D eigenvalue weighted by Gasteiger charge is 2.18. The van der Waals surface area contributed by atoms with E-state index >= 15 is 0 Å². The SMILES string of the molecule is COc1ccccc1OCC(=O)N/N=C\c1cc(C)n(C[C@@H]2CCCO2)c1C. The fourth-order valence-corrected chi connectivity index (χ4v) is 3.32. The number of nitrogens with one attached hydrogen (secondary N) is 1. The van der Waals surface area contributed by atoms with Gasteiger partial charge in [-0.2, -0.15) is 5.10 Å². The molecule has 28 heavy (non-hydrogen) atoms. The van der Waals surface area contributed by atoms with Gasteiger partial charge in [-0.05, 0) is 44.9 Å². The first-order valence-corrected chi connectivity index (χ1v) is 9.44. The first-order valence-electron chi connectivity index (χ1n) is 9.44. The molecule has 150 valence electrons. The molecule has 1 amide bonds. The van der Waals surface area contributed by atoms with E-state index in [0.29, 0.717) is 11.5 Å². The van der Waals surface area contributed by atoms with Crippen molar-refractivity contribution < 1.29 is 19.0 Å². The summed E-state index contributed by atoms with van der Waals surface area (Å²) < 4.78 is 18.7. The highest BCUT2D eigenvalue weighted by molar-refractivity contribution is 5.84. The van der Waals surface area contributed by atoms with Crippen LogP contribution in [0.4, 0.5) is 0 Å². The summed E-state index contributed by atoms with van der Waals surface area (Å²) in [6.07, 6.45) is 4.17. The lowest BCUT2D eigenvalue weighted by molar-refractivity contribution is -0.123. The van der Waals surface area contributed by atoms with Crippen LogP contribution in [0.15, 0.2) is 35.4 Å². The summed E-state index contributed by atoms with van der Waals surface area (Å²) in [6.45, 7) is 5.68. The van der Waals surface area contributed by atoms with Gasteiger partial charge in [-0.3, -0.25) is 4.79 Å². The van der Waals surface area contributed by atoms with Crippen molar-refractivity contribution in [3.8, 4) is 11.5 Å². The van der Waals surface area contributed by atoms with E-state index < -0.39 is 0 Å². The average Bonchev–Trinajstić information content (AvgIpc) is 3.31. The number of hydrazone groups is 1. The van der Waals surface area contributed by atoms with Crippen molar-refractivity contribution in [3.63, 3.8) is 0 Å². The molecule has 1 aromatic heterocycles. The first kappa shape index (κ1) is 19.9. The molecule has 1 aliphatic rings. The van der Waals surface area contributed by atoms with Gasteiger partial charge in [-0.15, -0.1) is 0 Å². The minimum atomic E-state index is -0.338. The zero-order valence-electron chi connectivity index (χ0n) is 16.6. The molecule has 2 aromatic rings. The Labute approximate surface area is 165 Å². The number of nitrogens with zero attached hydrogens (tertiary/aromatic N) is 2. The summed E-state index contributed by atoms with van der Waals surface area (Å²) in [7, 11) is 1.56. The normalized spacial score (nSPS) is 16.5. The van der Waals surface area contributed by atoms with Gasteiger partial charge >= 0.3 is 0 Å². The third-order valence-corrected chi connectivity index (χ3v) is 4.84. The number of aryl methyl sites for hydroxylation is 1. The number of carbonyl (C=O) groups is 1. The molecule has 7 nitrogen and oxygen atoms in total. The lowest BCUT2D eigenvalue weighted by atomic mass is 10.2. The average molecular weight is 385 g/mol. The maximum Gasteiger partial charge on any atom is 0.277 e. The summed E-state index contributed by atoms with van der Waals surface area (Å²) in [5, 5.41) is 4.06. The molecule has 1 N–H and O–H groups in total. The first-order chi connectivity index (χ1) is 13.6. The number of para-hydroxylation sites is 2. The lowest BCUT2D eigenvalue weighted by Crippen LogP contribution is -2.24. The number of benzene rings is 1. The molecule has 0 unspecified atom stereocenters. The third kappa shape index (κ3) is 4.92. The van der Waals surface area contributed by atoms with E-state index in [2.05, 4.69) is 35.0 Å². The van der Waals surface area contributed by atoms with Crippen molar-refractivity contribution in [2.24, 2.45) is 5.10 Å². The second-order valence-corrected chi connectivity index (χ2v) is 6.80. The molecule has 0 spiro atoms. The second kappa shape index (κ2) is 9.41. The number of hydrogen-bond donors (Lipinski definition) is 1. The summed E-state index contributed by atoms with van der Waals surface area (Å²) in [5.41, 5.74) is 5.73. The van der Waals surface area contributed by atoms with Crippen LogP contribution in [0.25, 0.3) is 0 Å². The van der Waals surface area contributed by atoms with Gasteiger partial charge < -0.3 is 18.8 Å². The third-order valence-electron chi connectivity index (χ3n) is 4.84. The van der Waals surface area contributed by atoms with Crippen LogP contribution >= 0.6 is 0 Å². The van der Waals surface area contributed by atoms with Gasteiger partial charge in [0.1, 0.15) is 0 Å². The van der Waals surface area contributed by atoms with Gasteiger partial charge in [-0.1, -0.05) is 12.1 Å². The summed E-state index contributed by atoms with van der Waals surface area (Å²) in [4.78, 5) is 12.0. The summed E-state index contributed by atoms with van der Waals surface area (Å²) in [6, 6.07) is 9.24. The molecule has 0 aliphatic carbocycles. The molecule has 7 heteroatoms. The van der Waals surface area contributed by atoms with E-state index in [1.165, 1.54) is 0 Å². The van der Waals surface area contributed by atoms with Crippen LogP contribution in [-0.2, 0) is 16.1 Å². The number of hydrogen-bond acceptors (Lipinski definition) is 5. The van der Waals surface area contributed by atoms with Gasteiger partial charge in [0.05, 0.1) is 19.4 Å². The molecule has 1 fully saturated rings. The maximum atomic E-state index is 12.0. The van der Waals surface area contributed by atoms with Crippen LogP contribution in [0.1, 0.15) is 29.8 Å². The standard InChI is InChI=1S/C21H27N3O4/c1-15-11-17(16(2)24(15)13-18-7-6-10-27-18)12-22-23-21(25)14-28-20-9-5-4-8-19(20)26-3/h4-5,8-9,11-12,18H,6-7,10,13-14H2,1-3H3,(H,23,25)/b22-12-/t18-/m0/s1. The minimum absolute atomic E-state index is 0.143. The predicted octanol–water partition coefficient (Wildman–Crippen LogP) is 2.82.